The summed E-state index contributed by atoms with van der Waals surface area (Å²) in [6.07, 6.45) is 4.74. The smallest absolute Gasteiger partial charge is 0.264 e. The first-order chi connectivity index (χ1) is 7.70. The first kappa shape index (κ1) is 10.2. The van der Waals surface area contributed by atoms with Gasteiger partial charge in [-0.05, 0) is 25.1 Å². The monoisotopic (exact) mass is 215 g/mol. The lowest BCUT2D eigenvalue weighted by molar-refractivity contribution is -0.384. The van der Waals surface area contributed by atoms with E-state index < -0.39 is 4.92 Å². The van der Waals surface area contributed by atoms with Gasteiger partial charge in [-0.1, -0.05) is 0 Å². The molecule has 0 saturated heterocycles. The topological polar surface area (TPSA) is 68.9 Å². The second-order valence-electron chi connectivity index (χ2n) is 3.32. The third kappa shape index (κ3) is 1.75. The van der Waals surface area contributed by atoms with Crippen LogP contribution in [-0.4, -0.2) is 14.9 Å². The number of hydrogen-bond donors (Lipinski definition) is 0. The summed E-state index contributed by atoms with van der Waals surface area (Å²) in [6, 6.07) is 5.10. The Bertz CT molecular complexity index is 526. The van der Waals surface area contributed by atoms with E-state index in [0.717, 1.165) is 0 Å². The Morgan fingerprint density at radius 3 is 2.75 bits per heavy atom. The van der Waals surface area contributed by atoms with Crippen molar-refractivity contribution in [2.24, 2.45) is 0 Å². The fourth-order valence-electron chi connectivity index (χ4n) is 1.49. The summed E-state index contributed by atoms with van der Waals surface area (Å²) in [5, 5.41) is 11.0. The highest BCUT2D eigenvalue weighted by Gasteiger charge is 2.19. The zero-order chi connectivity index (χ0) is 11.5. The Morgan fingerprint density at radius 2 is 2.12 bits per heavy atom. The largest absolute Gasteiger partial charge is 0.298 e. The Hall–Kier alpha value is -2.30. The lowest BCUT2D eigenvalue weighted by atomic mass is 10.1. The van der Waals surface area contributed by atoms with Crippen molar-refractivity contribution in [1.82, 2.24) is 9.97 Å². The van der Waals surface area contributed by atoms with Gasteiger partial charge in [0, 0.05) is 29.7 Å². The Morgan fingerprint density at radius 1 is 1.31 bits per heavy atom. The number of nitro groups is 1. The Balaban J connectivity index is 2.66. The number of hydrogen-bond acceptors (Lipinski definition) is 4. The van der Waals surface area contributed by atoms with E-state index in [4.69, 9.17) is 0 Å². The van der Waals surface area contributed by atoms with Crippen LogP contribution in [0.2, 0.25) is 0 Å². The summed E-state index contributed by atoms with van der Waals surface area (Å²) in [6.45, 7) is 1.69. The maximum Gasteiger partial charge on any atom is 0.298 e. The molecule has 2 rings (SSSR count). The van der Waals surface area contributed by atoms with E-state index in [2.05, 4.69) is 9.97 Å². The van der Waals surface area contributed by atoms with Gasteiger partial charge in [0.15, 0.2) is 0 Å². The predicted molar refractivity (Wildman–Crippen MR) is 58.9 cm³/mol. The van der Waals surface area contributed by atoms with Crippen LogP contribution in [-0.2, 0) is 0 Å². The van der Waals surface area contributed by atoms with E-state index in [1.54, 1.807) is 43.7 Å². The first-order valence-electron chi connectivity index (χ1n) is 4.70. The van der Waals surface area contributed by atoms with E-state index in [1.165, 1.54) is 0 Å². The molecule has 0 bridgehead atoms. The van der Waals surface area contributed by atoms with Gasteiger partial charge in [-0.2, -0.15) is 0 Å². The molecule has 5 nitrogen and oxygen atoms in total. The van der Waals surface area contributed by atoms with Crippen molar-refractivity contribution in [1.29, 1.82) is 0 Å². The quantitative estimate of drug-likeness (QED) is 0.569. The molecule has 0 N–H and O–H groups in total. The van der Waals surface area contributed by atoms with E-state index in [1.807, 2.05) is 0 Å². The van der Waals surface area contributed by atoms with Gasteiger partial charge in [0.1, 0.15) is 5.69 Å². The van der Waals surface area contributed by atoms with Crippen LogP contribution < -0.4 is 0 Å². The molecule has 0 radical (unpaired) electrons. The van der Waals surface area contributed by atoms with Crippen molar-refractivity contribution in [3.8, 4) is 11.3 Å². The molecule has 2 aromatic rings. The van der Waals surface area contributed by atoms with Crippen molar-refractivity contribution in [2.45, 2.75) is 6.92 Å². The van der Waals surface area contributed by atoms with Crippen LogP contribution in [0.1, 0.15) is 5.56 Å². The van der Waals surface area contributed by atoms with Crippen LogP contribution in [0.15, 0.2) is 36.8 Å². The molecule has 0 aromatic carbocycles. The third-order valence-electron chi connectivity index (χ3n) is 2.24. The van der Waals surface area contributed by atoms with Gasteiger partial charge in [-0.3, -0.25) is 15.1 Å². The van der Waals surface area contributed by atoms with Gasteiger partial charge in [-0.25, -0.2) is 4.98 Å². The van der Waals surface area contributed by atoms with Crippen LogP contribution in [0.3, 0.4) is 0 Å². The molecule has 0 aliphatic rings. The fraction of sp³-hybridized carbons (Fsp3) is 0.0909. The molecule has 2 heterocycles. The average molecular weight is 215 g/mol. The van der Waals surface area contributed by atoms with E-state index in [9.17, 15) is 10.1 Å². The number of aryl methyl sites for hydroxylation is 1. The van der Waals surface area contributed by atoms with Crippen LogP contribution in [0.25, 0.3) is 11.3 Å². The van der Waals surface area contributed by atoms with Gasteiger partial charge in [0.25, 0.3) is 5.69 Å². The highest BCUT2D eigenvalue weighted by atomic mass is 16.6. The Labute approximate surface area is 91.9 Å². The summed E-state index contributed by atoms with van der Waals surface area (Å²) >= 11 is 0. The Kier molecular flexibility index (Phi) is 2.59. The fourth-order valence-corrected chi connectivity index (χ4v) is 1.49. The minimum atomic E-state index is -0.412. The number of nitrogens with zero attached hydrogens (tertiary/aromatic N) is 3. The van der Waals surface area contributed by atoms with Crippen LogP contribution >= 0.6 is 0 Å². The molecular weight excluding hydrogens is 206 g/mol. The van der Waals surface area contributed by atoms with Crippen molar-refractivity contribution in [3.63, 3.8) is 0 Å². The summed E-state index contributed by atoms with van der Waals surface area (Å²) < 4.78 is 0. The minimum Gasteiger partial charge on any atom is -0.264 e. The average Bonchev–Trinajstić information content (AvgIpc) is 2.29. The lowest BCUT2D eigenvalue weighted by Crippen LogP contribution is -1.97. The summed E-state index contributed by atoms with van der Waals surface area (Å²) in [7, 11) is 0. The zero-order valence-electron chi connectivity index (χ0n) is 8.62. The molecule has 2 aromatic heterocycles. The first-order valence-corrected chi connectivity index (χ1v) is 4.70. The van der Waals surface area contributed by atoms with Crippen LogP contribution in [0.5, 0.6) is 0 Å². The van der Waals surface area contributed by atoms with Gasteiger partial charge in [-0.15, -0.1) is 0 Å². The summed E-state index contributed by atoms with van der Waals surface area (Å²) in [5.74, 6) is 0. The maximum absolute atomic E-state index is 11.0. The maximum atomic E-state index is 11.0. The molecule has 0 unspecified atom stereocenters. The number of pyridine rings is 2. The third-order valence-corrected chi connectivity index (χ3v) is 2.24. The van der Waals surface area contributed by atoms with Gasteiger partial charge in [0.05, 0.1) is 4.92 Å². The van der Waals surface area contributed by atoms with E-state index in [0.29, 0.717) is 16.8 Å². The van der Waals surface area contributed by atoms with E-state index in [-0.39, 0.29) is 5.69 Å². The van der Waals surface area contributed by atoms with Crippen molar-refractivity contribution >= 4 is 5.69 Å². The normalized spacial score (nSPS) is 10.1. The van der Waals surface area contributed by atoms with Crippen LogP contribution in [0, 0.1) is 17.0 Å². The molecule has 0 saturated carbocycles. The molecule has 5 heteroatoms. The molecule has 0 amide bonds. The second kappa shape index (κ2) is 4.06. The molecule has 0 spiro atoms. The summed E-state index contributed by atoms with van der Waals surface area (Å²) in [5.41, 5.74) is 1.64. The SMILES string of the molecule is Cc1ccnc(-c2cccnc2)c1[N+](=O)[O-]. The molecule has 0 fully saturated rings. The number of rotatable bonds is 2. The highest BCUT2D eigenvalue weighted by molar-refractivity contribution is 5.70. The molecule has 0 aliphatic heterocycles. The molecule has 0 atom stereocenters. The predicted octanol–water partition coefficient (Wildman–Crippen LogP) is 2.36. The molecular formula is C11H9N3O2. The van der Waals surface area contributed by atoms with Crippen LogP contribution in [0.4, 0.5) is 5.69 Å². The molecule has 16 heavy (non-hydrogen) atoms. The lowest BCUT2D eigenvalue weighted by Gasteiger charge is -2.03. The zero-order valence-corrected chi connectivity index (χ0v) is 8.62. The van der Waals surface area contributed by atoms with Crippen molar-refractivity contribution in [3.05, 3.63) is 52.5 Å². The van der Waals surface area contributed by atoms with Gasteiger partial charge in [0.2, 0.25) is 0 Å². The second-order valence-corrected chi connectivity index (χ2v) is 3.32. The van der Waals surface area contributed by atoms with Crippen molar-refractivity contribution in [2.75, 3.05) is 0 Å². The molecule has 80 valence electrons. The van der Waals surface area contributed by atoms with Gasteiger partial charge >= 0.3 is 0 Å². The minimum absolute atomic E-state index is 0.0375. The summed E-state index contributed by atoms with van der Waals surface area (Å²) in [4.78, 5) is 18.5. The number of aromatic nitrogens is 2. The molecule has 0 aliphatic carbocycles. The van der Waals surface area contributed by atoms with Gasteiger partial charge < -0.3 is 0 Å². The van der Waals surface area contributed by atoms with E-state index >= 15 is 0 Å². The van der Waals surface area contributed by atoms with Crippen molar-refractivity contribution < 1.29 is 4.92 Å². The standard InChI is InChI=1S/C11H9N3O2/c1-8-4-6-13-10(11(8)14(15)16)9-3-2-5-12-7-9/h2-7H,1H3. The highest BCUT2D eigenvalue weighted by Crippen LogP contribution is 2.29.